The first-order chi connectivity index (χ1) is 17.0. The van der Waals surface area contributed by atoms with Crippen LogP contribution in [0.2, 0.25) is 0 Å². The van der Waals surface area contributed by atoms with Crippen molar-refractivity contribution in [1.82, 2.24) is 0 Å². The van der Waals surface area contributed by atoms with Crippen molar-refractivity contribution >= 4 is 17.9 Å². The molecule has 0 saturated heterocycles. The Balaban J connectivity index is 1.72. The van der Waals surface area contributed by atoms with Crippen LogP contribution in [-0.4, -0.2) is 52.5 Å². The fraction of sp³-hybridized carbons (Fsp3) is 0.125. The minimum atomic E-state index is -1.45. The van der Waals surface area contributed by atoms with Gasteiger partial charge in [-0.05, 0) is 54.6 Å². The van der Waals surface area contributed by atoms with Gasteiger partial charge < -0.3 is 29.5 Å². The van der Waals surface area contributed by atoms with Gasteiger partial charge in [0, 0.05) is 0 Å². The van der Waals surface area contributed by atoms with Gasteiger partial charge in [-0.3, -0.25) is 0 Å². The van der Waals surface area contributed by atoms with Gasteiger partial charge in [0.1, 0.15) is 13.2 Å². The lowest BCUT2D eigenvalue weighted by Crippen LogP contribution is -2.31. The minimum absolute atomic E-state index is 0.285. The minimum Gasteiger partial charge on any atom is -0.505 e. The predicted octanol–water partition coefficient (Wildman–Crippen LogP) is 3.46. The van der Waals surface area contributed by atoms with Gasteiger partial charge in [0.15, 0.2) is 40.8 Å². The lowest BCUT2D eigenvalue weighted by molar-refractivity contribution is -0.0254. The monoisotopic (exact) mass is 506 g/mol. The molecule has 3 N–H and O–H groups in total. The molecule has 0 aromatic heterocycles. The summed E-state index contributed by atoms with van der Waals surface area (Å²) in [5.74, 6) is -8.66. The predicted molar refractivity (Wildman–Crippen MR) is 114 cm³/mol. The highest BCUT2D eigenvalue weighted by Crippen LogP contribution is 2.20. The van der Waals surface area contributed by atoms with Crippen LogP contribution in [0.1, 0.15) is 31.1 Å². The van der Waals surface area contributed by atoms with Gasteiger partial charge in [-0.25, -0.2) is 27.6 Å². The van der Waals surface area contributed by atoms with Crippen molar-refractivity contribution < 1.29 is 57.1 Å². The van der Waals surface area contributed by atoms with Crippen LogP contribution >= 0.6 is 0 Å². The molecule has 0 aliphatic carbocycles. The average Bonchev–Trinajstić information content (AvgIpc) is 2.85. The van der Waals surface area contributed by atoms with Crippen LogP contribution in [0.5, 0.6) is 17.2 Å². The molecule has 36 heavy (non-hydrogen) atoms. The van der Waals surface area contributed by atoms with E-state index < -0.39 is 71.9 Å². The number of phenolic OH excluding ortho intramolecular Hbond substituents is 3. The van der Waals surface area contributed by atoms with Crippen molar-refractivity contribution in [1.29, 1.82) is 0 Å². The highest BCUT2D eigenvalue weighted by atomic mass is 19.1. The zero-order valence-electron chi connectivity index (χ0n) is 18.1. The molecule has 0 amide bonds. The van der Waals surface area contributed by atoms with Gasteiger partial charge in [0.25, 0.3) is 0 Å². The molecule has 188 valence electrons. The lowest BCUT2D eigenvalue weighted by Gasteiger charge is -2.18. The van der Waals surface area contributed by atoms with Crippen molar-refractivity contribution in [3.05, 3.63) is 88.7 Å². The number of esters is 3. The number of hydrogen-bond donors (Lipinski definition) is 3. The molecule has 12 heteroatoms. The fourth-order valence-electron chi connectivity index (χ4n) is 2.74. The van der Waals surface area contributed by atoms with E-state index in [9.17, 15) is 42.9 Å². The van der Waals surface area contributed by atoms with Crippen LogP contribution in [-0.2, 0) is 14.2 Å². The van der Waals surface area contributed by atoms with Gasteiger partial charge in [-0.15, -0.1) is 0 Å². The Morgan fingerprint density at radius 1 is 0.611 bits per heavy atom. The molecule has 3 aromatic carbocycles. The molecular formula is C24H17F3O9. The Morgan fingerprint density at radius 2 is 0.944 bits per heavy atom. The van der Waals surface area contributed by atoms with Crippen molar-refractivity contribution in [2.75, 3.05) is 13.2 Å². The van der Waals surface area contributed by atoms with Crippen LogP contribution in [0, 0.1) is 17.5 Å². The van der Waals surface area contributed by atoms with Gasteiger partial charge in [0.2, 0.25) is 0 Å². The van der Waals surface area contributed by atoms with E-state index in [0.29, 0.717) is 18.2 Å². The standard InChI is InChI=1S/C24H17F3O9/c25-16-7-12(1-4-19(16)28)22(31)34-10-15(36-24(33)14-3-6-21(30)18(27)9-14)11-35-23(32)13-2-5-20(29)17(26)8-13/h1-9,15,28-30H,10-11H2. The molecule has 0 fully saturated rings. The molecule has 3 rings (SSSR count). The van der Waals surface area contributed by atoms with E-state index in [2.05, 4.69) is 0 Å². The third-order valence-electron chi connectivity index (χ3n) is 4.62. The summed E-state index contributed by atoms with van der Waals surface area (Å²) in [5.41, 5.74) is -0.894. The Bertz CT molecular complexity index is 1240. The smallest absolute Gasteiger partial charge is 0.338 e. The van der Waals surface area contributed by atoms with Crippen molar-refractivity contribution in [3.63, 3.8) is 0 Å². The maximum atomic E-state index is 13.6. The quantitative estimate of drug-likeness (QED) is 0.310. The van der Waals surface area contributed by atoms with E-state index >= 15 is 0 Å². The summed E-state index contributed by atoms with van der Waals surface area (Å²) in [7, 11) is 0. The summed E-state index contributed by atoms with van der Waals surface area (Å²) in [6.07, 6.45) is -1.45. The Labute approximate surface area is 200 Å². The molecule has 0 atom stereocenters. The Hall–Kier alpha value is -4.74. The van der Waals surface area contributed by atoms with Crippen LogP contribution in [0.25, 0.3) is 0 Å². The SMILES string of the molecule is O=C(OCC(COC(=O)c1ccc(O)c(F)c1)OC(=O)c1ccc(O)c(F)c1)c1ccc(O)c(F)c1. The number of hydrogen-bond acceptors (Lipinski definition) is 9. The van der Waals surface area contributed by atoms with Crippen LogP contribution in [0.15, 0.2) is 54.6 Å². The van der Waals surface area contributed by atoms with E-state index in [0.717, 1.165) is 36.4 Å². The summed E-state index contributed by atoms with van der Waals surface area (Å²) < 4.78 is 55.7. The number of benzene rings is 3. The Kier molecular flexibility index (Phi) is 8.00. The molecule has 0 aliphatic heterocycles. The van der Waals surface area contributed by atoms with Crippen LogP contribution in [0.3, 0.4) is 0 Å². The lowest BCUT2D eigenvalue weighted by atomic mass is 10.2. The highest BCUT2D eigenvalue weighted by molar-refractivity contribution is 5.91. The third kappa shape index (κ3) is 6.44. The Morgan fingerprint density at radius 3 is 1.28 bits per heavy atom. The molecule has 0 unspecified atom stereocenters. The molecule has 0 heterocycles. The second-order valence-corrected chi connectivity index (χ2v) is 7.22. The summed E-state index contributed by atoms with van der Waals surface area (Å²) in [6, 6.07) is 8.03. The van der Waals surface area contributed by atoms with E-state index in [-0.39, 0.29) is 16.7 Å². The molecule has 9 nitrogen and oxygen atoms in total. The summed E-state index contributed by atoms with van der Waals surface area (Å²) >= 11 is 0. The van der Waals surface area contributed by atoms with Crippen molar-refractivity contribution in [2.24, 2.45) is 0 Å². The molecule has 0 saturated carbocycles. The molecule has 0 bridgehead atoms. The first-order valence-corrected chi connectivity index (χ1v) is 10.1. The van der Waals surface area contributed by atoms with E-state index in [4.69, 9.17) is 14.2 Å². The van der Waals surface area contributed by atoms with E-state index in [1.54, 1.807) is 0 Å². The van der Waals surface area contributed by atoms with E-state index in [1.807, 2.05) is 0 Å². The third-order valence-corrected chi connectivity index (χ3v) is 4.62. The zero-order valence-corrected chi connectivity index (χ0v) is 18.1. The molecule has 0 radical (unpaired) electrons. The van der Waals surface area contributed by atoms with Gasteiger partial charge in [-0.1, -0.05) is 0 Å². The zero-order chi connectivity index (χ0) is 26.4. The molecule has 0 aliphatic rings. The highest BCUT2D eigenvalue weighted by Gasteiger charge is 2.23. The fourth-order valence-corrected chi connectivity index (χ4v) is 2.74. The number of phenols is 3. The number of aromatic hydroxyl groups is 3. The first kappa shape index (κ1) is 25.9. The number of rotatable bonds is 8. The van der Waals surface area contributed by atoms with Crippen LogP contribution in [0.4, 0.5) is 13.2 Å². The van der Waals surface area contributed by atoms with Gasteiger partial charge in [0.05, 0.1) is 16.7 Å². The average molecular weight is 506 g/mol. The second kappa shape index (κ2) is 11.1. The van der Waals surface area contributed by atoms with Crippen molar-refractivity contribution in [3.8, 4) is 17.2 Å². The first-order valence-electron chi connectivity index (χ1n) is 10.1. The van der Waals surface area contributed by atoms with Crippen molar-refractivity contribution in [2.45, 2.75) is 6.10 Å². The maximum absolute atomic E-state index is 13.6. The summed E-state index contributed by atoms with van der Waals surface area (Å²) in [5, 5.41) is 27.7. The number of carbonyl (C=O) groups is 3. The molecule has 3 aromatic rings. The topological polar surface area (TPSA) is 140 Å². The van der Waals surface area contributed by atoms with Gasteiger partial charge in [-0.2, -0.15) is 0 Å². The number of carbonyl (C=O) groups excluding carboxylic acids is 3. The number of halogens is 3. The van der Waals surface area contributed by atoms with E-state index in [1.165, 1.54) is 0 Å². The van der Waals surface area contributed by atoms with Gasteiger partial charge >= 0.3 is 17.9 Å². The number of ether oxygens (including phenoxy) is 3. The second-order valence-electron chi connectivity index (χ2n) is 7.22. The largest absolute Gasteiger partial charge is 0.505 e. The maximum Gasteiger partial charge on any atom is 0.338 e. The summed E-state index contributed by atoms with van der Waals surface area (Å²) in [6.45, 7) is -1.41. The summed E-state index contributed by atoms with van der Waals surface area (Å²) in [4.78, 5) is 36.8. The molecular weight excluding hydrogens is 489 g/mol. The van der Waals surface area contributed by atoms with Crippen LogP contribution < -0.4 is 0 Å². The normalized spacial score (nSPS) is 10.7. The molecule has 0 spiro atoms.